The first kappa shape index (κ1) is 23.5. The number of amides is 5. The number of piperidine rings is 1. The maximum atomic E-state index is 13.2. The molecule has 3 aromatic rings. The van der Waals surface area contributed by atoms with Crippen molar-refractivity contribution in [2.75, 3.05) is 6.54 Å². The highest BCUT2D eigenvalue weighted by atomic mass is 16.2. The molecular weight excluding hydrogens is 456 g/mol. The smallest absolute Gasteiger partial charge is 0.331 e. The molecule has 0 aliphatic carbocycles. The maximum Gasteiger partial charge on any atom is 0.331 e. The average Bonchev–Trinajstić information content (AvgIpc) is 3.22. The van der Waals surface area contributed by atoms with Gasteiger partial charge in [0.2, 0.25) is 5.91 Å². The van der Waals surface area contributed by atoms with Crippen molar-refractivity contribution in [1.29, 1.82) is 0 Å². The van der Waals surface area contributed by atoms with Crippen LogP contribution in [0, 0.1) is 0 Å². The number of urea groups is 1. The van der Waals surface area contributed by atoms with E-state index in [1.807, 2.05) is 64.1 Å². The number of para-hydroxylation sites is 1. The first-order valence-corrected chi connectivity index (χ1v) is 12.2. The Morgan fingerprint density at radius 2 is 1.78 bits per heavy atom. The van der Waals surface area contributed by atoms with Crippen LogP contribution in [-0.4, -0.2) is 50.7 Å². The highest BCUT2D eigenvalue weighted by molar-refractivity contribution is 6.31. The van der Waals surface area contributed by atoms with Gasteiger partial charge in [-0.05, 0) is 43.9 Å². The minimum Gasteiger partial charge on any atom is -0.338 e. The van der Waals surface area contributed by atoms with E-state index in [2.05, 4.69) is 12.2 Å². The molecule has 2 saturated heterocycles. The minimum absolute atomic E-state index is 0.0493. The first-order chi connectivity index (χ1) is 17.4. The molecule has 8 nitrogen and oxygen atoms in total. The zero-order valence-corrected chi connectivity index (χ0v) is 20.1. The number of fused-ring (bicyclic) bond motifs is 1. The van der Waals surface area contributed by atoms with E-state index in [0.29, 0.717) is 5.56 Å². The van der Waals surface area contributed by atoms with Gasteiger partial charge in [-0.3, -0.25) is 24.6 Å². The standard InChI is InChI=1S/C28H28N4O4/c1-19-9-7-8-14-31(19)25(33)18-30-17-21(22-12-5-6-13-24(22)30)15-23-26(34)29-28(36)32(27(23)35)16-20-10-3-2-4-11-20/h2-6,10-13,15,17,19H,7-9,14,16,18H2,1H3,(H,29,34,36). The minimum atomic E-state index is -0.741. The Labute approximate surface area is 209 Å². The quantitative estimate of drug-likeness (QED) is 0.442. The summed E-state index contributed by atoms with van der Waals surface area (Å²) in [6.07, 6.45) is 6.45. The molecule has 0 bridgehead atoms. The second kappa shape index (κ2) is 9.81. The van der Waals surface area contributed by atoms with Gasteiger partial charge in [-0.15, -0.1) is 0 Å². The number of hydrogen-bond acceptors (Lipinski definition) is 4. The van der Waals surface area contributed by atoms with Crippen LogP contribution in [0.3, 0.4) is 0 Å². The molecular formula is C28H28N4O4. The van der Waals surface area contributed by atoms with Gasteiger partial charge < -0.3 is 9.47 Å². The van der Waals surface area contributed by atoms with Crippen molar-refractivity contribution in [3.05, 3.63) is 77.5 Å². The number of aromatic nitrogens is 1. The van der Waals surface area contributed by atoms with Crippen molar-refractivity contribution in [1.82, 2.24) is 19.7 Å². The third-order valence-corrected chi connectivity index (χ3v) is 6.92. The van der Waals surface area contributed by atoms with Crippen molar-refractivity contribution in [2.45, 2.75) is 45.3 Å². The van der Waals surface area contributed by atoms with Crippen molar-refractivity contribution >= 4 is 40.7 Å². The number of nitrogens with zero attached hydrogens (tertiary/aromatic N) is 3. The predicted octanol–water partition coefficient (Wildman–Crippen LogP) is 3.70. The Hall–Kier alpha value is -4.20. The summed E-state index contributed by atoms with van der Waals surface area (Å²) in [5, 5.41) is 3.09. The van der Waals surface area contributed by atoms with E-state index >= 15 is 0 Å². The summed E-state index contributed by atoms with van der Waals surface area (Å²) in [5.74, 6) is -1.33. The van der Waals surface area contributed by atoms with Crippen LogP contribution < -0.4 is 5.32 Å². The largest absolute Gasteiger partial charge is 0.338 e. The van der Waals surface area contributed by atoms with Gasteiger partial charge in [-0.1, -0.05) is 48.5 Å². The molecule has 5 rings (SSSR count). The molecule has 3 heterocycles. The average molecular weight is 485 g/mol. The summed E-state index contributed by atoms with van der Waals surface area (Å²) < 4.78 is 1.86. The Morgan fingerprint density at radius 1 is 1.03 bits per heavy atom. The van der Waals surface area contributed by atoms with E-state index in [-0.39, 0.29) is 30.6 Å². The van der Waals surface area contributed by atoms with Gasteiger partial charge in [-0.2, -0.15) is 0 Å². The second-order valence-electron chi connectivity index (χ2n) is 9.36. The topological polar surface area (TPSA) is 91.7 Å². The highest BCUT2D eigenvalue weighted by Crippen LogP contribution is 2.26. The monoisotopic (exact) mass is 484 g/mol. The molecule has 184 valence electrons. The van der Waals surface area contributed by atoms with Crippen LogP contribution in [0.5, 0.6) is 0 Å². The molecule has 0 saturated carbocycles. The first-order valence-electron chi connectivity index (χ1n) is 12.2. The molecule has 1 atom stereocenters. The fraction of sp³-hybridized carbons (Fsp3) is 0.286. The van der Waals surface area contributed by atoms with Crippen LogP contribution in [0.1, 0.15) is 37.3 Å². The van der Waals surface area contributed by atoms with Gasteiger partial charge >= 0.3 is 6.03 Å². The number of hydrogen-bond donors (Lipinski definition) is 1. The number of carbonyl (C=O) groups is 4. The van der Waals surface area contributed by atoms with Gasteiger partial charge in [0.1, 0.15) is 12.1 Å². The summed E-state index contributed by atoms with van der Waals surface area (Å²) in [6, 6.07) is 16.2. The van der Waals surface area contributed by atoms with E-state index in [4.69, 9.17) is 0 Å². The van der Waals surface area contributed by atoms with E-state index in [0.717, 1.165) is 47.2 Å². The third kappa shape index (κ3) is 4.54. The zero-order chi connectivity index (χ0) is 25.2. The van der Waals surface area contributed by atoms with E-state index in [1.54, 1.807) is 6.20 Å². The molecule has 8 heteroatoms. The number of benzene rings is 2. The highest BCUT2D eigenvalue weighted by Gasteiger charge is 2.36. The summed E-state index contributed by atoms with van der Waals surface area (Å²) in [7, 11) is 0. The molecule has 0 spiro atoms. The lowest BCUT2D eigenvalue weighted by Crippen LogP contribution is -2.53. The Bertz CT molecular complexity index is 1370. The normalized spacial score (nSPS) is 19.8. The molecule has 2 aromatic carbocycles. The summed E-state index contributed by atoms with van der Waals surface area (Å²) >= 11 is 0. The molecule has 36 heavy (non-hydrogen) atoms. The van der Waals surface area contributed by atoms with Crippen molar-refractivity contribution in [3.8, 4) is 0 Å². The molecule has 1 N–H and O–H groups in total. The number of barbiturate groups is 1. The summed E-state index contributed by atoms with van der Waals surface area (Å²) in [5.41, 5.74) is 2.13. The van der Waals surface area contributed by atoms with Gasteiger partial charge in [0.15, 0.2) is 0 Å². The molecule has 2 aliphatic heterocycles. The molecule has 1 aromatic heterocycles. The van der Waals surface area contributed by atoms with Gasteiger partial charge in [0.05, 0.1) is 6.54 Å². The summed E-state index contributed by atoms with van der Waals surface area (Å²) in [6.45, 7) is 3.07. The zero-order valence-electron chi connectivity index (χ0n) is 20.1. The van der Waals surface area contributed by atoms with E-state index < -0.39 is 17.8 Å². The van der Waals surface area contributed by atoms with Crippen LogP contribution in [0.4, 0.5) is 4.79 Å². The third-order valence-electron chi connectivity index (χ3n) is 6.92. The van der Waals surface area contributed by atoms with Crippen molar-refractivity contribution in [3.63, 3.8) is 0 Å². The molecule has 0 radical (unpaired) electrons. The van der Waals surface area contributed by atoms with E-state index in [1.165, 1.54) is 6.08 Å². The molecule has 2 aliphatic rings. The van der Waals surface area contributed by atoms with Crippen molar-refractivity contribution < 1.29 is 19.2 Å². The molecule has 1 unspecified atom stereocenters. The number of carbonyl (C=O) groups excluding carboxylic acids is 4. The number of likely N-dealkylation sites (tertiary alicyclic amines) is 1. The maximum absolute atomic E-state index is 13.2. The molecule has 2 fully saturated rings. The SMILES string of the molecule is CC1CCCCN1C(=O)Cn1cc(C=C2C(=O)NC(=O)N(Cc3ccccc3)C2=O)c2ccccc21. The number of rotatable bonds is 5. The van der Waals surface area contributed by atoms with Crippen LogP contribution in [-0.2, 0) is 27.5 Å². The van der Waals surface area contributed by atoms with Crippen LogP contribution in [0.2, 0.25) is 0 Å². The second-order valence-corrected chi connectivity index (χ2v) is 9.36. The lowest BCUT2D eigenvalue weighted by molar-refractivity contribution is -0.135. The number of imide groups is 2. The summed E-state index contributed by atoms with van der Waals surface area (Å²) in [4.78, 5) is 54.4. The number of nitrogens with one attached hydrogen (secondary N) is 1. The van der Waals surface area contributed by atoms with Crippen LogP contribution in [0.25, 0.3) is 17.0 Å². The Kier molecular flexibility index (Phi) is 6.41. The van der Waals surface area contributed by atoms with Crippen LogP contribution >= 0.6 is 0 Å². The fourth-order valence-electron chi connectivity index (χ4n) is 4.99. The fourth-order valence-corrected chi connectivity index (χ4v) is 4.99. The Balaban J connectivity index is 1.46. The molecule has 5 amide bonds. The van der Waals surface area contributed by atoms with Gasteiger partial charge in [0, 0.05) is 35.2 Å². The van der Waals surface area contributed by atoms with Crippen molar-refractivity contribution in [2.24, 2.45) is 0 Å². The van der Waals surface area contributed by atoms with E-state index in [9.17, 15) is 19.2 Å². The Morgan fingerprint density at radius 3 is 2.56 bits per heavy atom. The van der Waals surface area contributed by atoms with Gasteiger partial charge in [0.25, 0.3) is 11.8 Å². The van der Waals surface area contributed by atoms with Crippen LogP contribution in [0.15, 0.2) is 66.4 Å². The van der Waals surface area contributed by atoms with Gasteiger partial charge in [-0.25, -0.2) is 4.79 Å². The predicted molar refractivity (Wildman–Crippen MR) is 135 cm³/mol. The lowest BCUT2D eigenvalue weighted by atomic mass is 10.0. The lowest BCUT2D eigenvalue weighted by Gasteiger charge is -2.33.